The Bertz CT molecular complexity index is 384. The van der Waals surface area contributed by atoms with Gasteiger partial charge in [-0.25, -0.2) is 4.39 Å². The van der Waals surface area contributed by atoms with Crippen LogP contribution in [0.1, 0.15) is 10.4 Å². The molecular formula is C11H15FN2OS. The second-order valence-electron chi connectivity index (χ2n) is 3.50. The van der Waals surface area contributed by atoms with Crippen LogP contribution in [0.5, 0.6) is 0 Å². The average molecular weight is 242 g/mol. The van der Waals surface area contributed by atoms with Crippen molar-refractivity contribution in [2.75, 3.05) is 27.2 Å². The Morgan fingerprint density at radius 3 is 2.81 bits per heavy atom. The lowest BCUT2D eigenvalue weighted by molar-refractivity contribution is 0.0796. The van der Waals surface area contributed by atoms with E-state index < -0.39 is 5.82 Å². The molecule has 1 aromatic rings. The summed E-state index contributed by atoms with van der Waals surface area (Å²) in [5, 5.41) is 2.96. The summed E-state index contributed by atoms with van der Waals surface area (Å²) in [6.07, 6.45) is 0. The minimum absolute atomic E-state index is 0.134. The van der Waals surface area contributed by atoms with Gasteiger partial charge in [-0.2, -0.15) is 0 Å². The fourth-order valence-electron chi connectivity index (χ4n) is 1.25. The fourth-order valence-corrected chi connectivity index (χ4v) is 1.46. The Hall–Kier alpha value is -1.07. The number of nitrogens with zero attached hydrogens (tertiary/aromatic N) is 1. The van der Waals surface area contributed by atoms with E-state index in [4.69, 9.17) is 0 Å². The van der Waals surface area contributed by atoms with Crippen LogP contribution < -0.4 is 5.32 Å². The molecule has 0 saturated heterocycles. The lowest BCUT2D eigenvalue weighted by Crippen LogP contribution is -2.32. The molecule has 16 heavy (non-hydrogen) atoms. The van der Waals surface area contributed by atoms with Crippen molar-refractivity contribution in [3.63, 3.8) is 0 Å². The largest absolute Gasteiger partial charge is 0.340 e. The number of likely N-dealkylation sites (N-methyl/N-ethyl adjacent to an activating group) is 2. The van der Waals surface area contributed by atoms with Crippen molar-refractivity contribution in [1.29, 1.82) is 0 Å². The van der Waals surface area contributed by atoms with Crippen molar-refractivity contribution in [3.8, 4) is 0 Å². The standard InChI is InChI=1S/C11H15FN2OS/c1-13-5-6-14(2)11(15)8-3-4-9(12)10(16)7-8/h3-4,7,13,16H,5-6H2,1-2H3. The molecule has 0 aliphatic rings. The Labute approximate surface area is 100 Å². The zero-order chi connectivity index (χ0) is 12.1. The van der Waals surface area contributed by atoms with Gasteiger partial charge in [0.2, 0.25) is 0 Å². The van der Waals surface area contributed by atoms with E-state index in [1.807, 2.05) is 7.05 Å². The molecule has 1 N–H and O–H groups in total. The van der Waals surface area contributed by atoms with Crippen LogP contribution in [-0.4, -0.2) is 38.0 Å². The van der Waals surface area contributed by atoms with Crippen LogP contribution in [0.4, 0.5) is 4.39 Å². The molecule has 0 aromatic heterocycles. The Morgan fingerprint density at radius 1 is 1.56 bits per heavy atom. The smallest absolute Gasteiger partial charge is 0.253 e. The van der Waals surface area contributed by atoms with E-state index in [1.165, 1.54) is 18.2 Å². The second-order valence-corrected chi connectivity index (χ2v) is 3.98. The highest BCUT2D eigenvalue weighted by Crippen LogP contribution is 2.15. The number of halogens is 1. The van der Waals surface area contributed by atoms with Crippen LogP contribution in [0.25, 0.3) is 0 Å². The van der Waals surface area contributed by atoms with E-state index in [0.29, 0.717) is 12.1 Å². The molecule has 1 amide bonds. The first kappa shape index (κ1) is 13.0. The van der Waals surface area contributed by atoms with Gasteiger partial charge in [0.05, 0.1) is 0 Å². The molecule has 0 unspecified atom stereocenters. The molecule has 0 aliphatic carbocycles. The number of hydrogen-bond acceptors (Lipinski definition) is 3. The first-order valence-corrected chi connectivity index (χ1v) is 5.39. The first-order valence-electron chi connectivity index (χ1n) is 4.95. The second kappa shape index (κ2) is 5.86. The predicted molar refractivity (Wildman–Crippen MR) is 64.5 cm³/mol. The third-order valence-electron chi connectivity index (χ3n) is 2.24. The van der Waals surface area contributed by atoms with E-state index in [1.54, 1.807) is 11.9 Å². The van der Waals surface area contributed by atoms with Gasteiger partial charge in [-0.05, 0) is 25.2 Å². The quantitative estimate of drug-likeness (QED) is 0.782. The number of carbonyl (C=O) groups is 1. The molecule has 1 aromatic carbocycles. The maximum Gasteiger partial charge on any atom is 0.253 e. The molecule has 0 bridgehead atoms. The van der Waals surface area contributed by atoms with Gasteiger partial charge in [0.1, 0.15) is 5.82 Å². The van der Waals surface area contributed by atoms with Crippen LogP contribution in [0, 0.1) is 5.82 Å². The Morgan fingerprint density at radius 2 is 2.25 bits per heavy atom. The maximum atomic E-state index is 13.0. The highest BCUT2D eigenvalue weighted by Gasteiger charge is 2.12. The molecular weight excluding hydrogens is 227 g/mol. The SMILES string of the molecule is CNCCN(C)C(=O)c1ccc(F)c(S)c1. The molecule has 88 valence electrons. The number of thiol groups is 1. The molecule has 0 radical (unpaired) electrons. The minimum Gasteiger partial charge on any atom is -0.340 e. The van der Waals surface area contributed by atoms with Crippen molar-refractivity contribution >= 4 is 18.5 Å². The highest BCUT2D eigenvalue weighted by atomic mass is 32.1. The number of benzene rings is 1. The summed E-state index contributed by atoms with van der Waals surface area (Å²) in [6.45, 7) is 1.33. The molecule has 0 aliphatic heterocycles. The van der Waals surface area contributed by atoms with E-state index in [-0.39, 0.29) is 10.8 Å². The summed E-state index contributed by atoms with van der Waals surface area (Å²) < 4.78 is 13.0. The van der Waals surface area contributed by atoms with Gasteiger partial charge in [0.25, 0.3) is 5.91 Å². The molecule has 1 rings (SSSR count). The van der Waals surface area contributed by atoms with Crippen molar-refractivity contribution < 1.29 is 9.18 Å². The summed E-state index contributed by atoms with van der Waals surface area (Å²) in [5.74, 6) is -0.552. The highest BCUT2D eigenvalue weighted by molar-refractivity contribution is 7.80. The van der Waals surface area contributed by atoms with E-state index in [2.05, 4.69) is 17.9 Å². The van der Waals surface area contributed by atoms with E-state index >= 15 is 0 Å². The lowest BCUT2D eigenvalue weighted by Gasteiger charge is -2.17. The van der Waals surface area contributed by atoms with Gasteiger partial charge < -0.3 is 10.2 Å². The van der Waals surface area contributed by atoms with Crippen molar-refractivity contribution in [2.45, 2.75) is 4.90 Å². The van der Waals surface area contributed by atoms with Gasteiger partial charge in [-0.1, -0.05) is 0 Å². The van der Waals surface area contributed by atoms with Crippen LogP contribution in [0.3, 0.4) is 0 Å². The molecule has 5 heteroatoms. The molecule has 0 spiro atoms. The van der Waals surface area contributed by atoms with Crippen LogP contribution in [0.2, 0.25) is 0 Å². The van der Waals surface area contributed by atoms with Crippen molar-refractivity contribution in [1.82, 2.24) is 10.2 Å². The fraction of sp³-hybridized carbons (Fsp3) is 0.364. The number of hydrogen-bond donors (Lipinski definition) is 2. The number of nitrogens with one attached hydrogen (secondary N) is 1. The van der Waals surface area contributed by atoms with Crippen LogP contribution in [0.15, 0.2) is 23.1 Å². The van der Waals surface area contributed by atoms with Crippen molar-refractivity contribution in [3.05, 3.63) is 29.6 Å². The monoisotopic (exact) mass is 242 g/mol. The van der Waals surface area contributed by atoms with Gasteiger partial charge >= 0.3 is 0 Å². The van der Waals surface area contributed by atoms with Crippen LogP contribution >= 0.6 is 12.6 Å². The molecule has 3 nitrogen and oxygen atoms in total. The third-order valence-corrected chi connectivity index (χ3v) is 2.58. The summed E-state index contributed by atoms with van der Waals surface area (Å²) >= 11 is 3.94. The molecule has 0 fully saturated rings. The average Bonchev–Trinajstić information content (AvgIpc) is 2.28. The summed E-state index contributed by atoms with van der Waals surface area (Å²) in [5.41, 5.74) is 0.449. The third kappa shape index (κ3) is 3.21. The van der Waals surface area contributed by atoms with Gasteiger partial charge in [0.15, 0.2) is 0 Å². The zero-order valence-electron chi connectivity index (χ0n) is 9.33. The summed E-state index contributed by atoms with van der Waals surface area (Å²) in [4.78, 5) is 13.6. The number of amides is 1. The number of rotatable bonds is 4. The Kier molecular flexibility index (Phi) is 4.76. The Balaban J connectivity index is 2.76. The molecule has 0 heterocycles. The summed E-state index contributed by atoms with van der Waals surface area (Å²) in [7, 11) is 3.53. The first-order chi connectivity index (χ1) is 7.56. The summed E-state index contributed by atoms with van der Waals surface area (Å²) in [6, 6.07) is 4.16. The predicted octanol–water partition coefficient (Wildman–Crippen LogP) is 1.41. The van der Waals surface area contributed by atoms with Gasteiger partial charge in [-0.3, -0.25) is 4.79 Å². The minimum atomic E-state index is -0.419. The zero-order valence-corrected chi connectivity index (χ0v) is 10.2. The normalized spacial score (nSPS) is 10.2. The van der Waals surface area contributed by atoms with Crippen LogP contribution in [-0.2, 0) is 0 Å². The van der Waals surface area contributed by atoms with E-state index in [9.17, 15) is 9.18 Å². The lowest BCUT2D eigenvalue weighted by atomic mass is 10.2. The number of carbonyl (C=O) groups excluding carboxylic acids is 1. The topological polar surface area (TPSA) is 32.3 Å². The van der Waals surface area contributed by atoms with Gasteiger partial charge in [0, 0.05) is 30.6 Å². The van der Waals surface area contributed by atoms with Crippen molar-refractivity contribution in [2.24, 2.45) is 0 Å². The molecule has 0 saturated carbocycles. The van der Waals surface area contributed by atoms with Gasteiger partial charge in [-0.15, -0.1) is 12.6 Å². The van der Waals surface area contributed by atoms with E-state index in [0.717, 1.165) is 6.54 Å². The molecule has 0 atom stereocenters. The maximum absolute atomic E-state index is 13.0.